The number of methoxy groups -OCH3 is 2. The molecule has 1 aliphatic rings. The molecule has 1 fully saturated rings. The fraction of sp³-hybridized carbons (Fsp3) is 0.250. The number of hydrogen-bond acceptors (Lipinski definition) is 5. The molecule has 0 aromatic heterocycles. The number of carbonyl (C=O) groups is 2. The summed E-state index contributed by atoms with van der Waals surface area (Å²) in [6.45, 7) is 0.425. The topological polar surface area (TPSA) is 89.0 Å². The van der Waals surface area contributed by atoms with Crippen LogP contribution in [0.4, 0.5) is 0 Å². The number of nitrogens with zero attached hydrogens (tertiary/aromatic N) is 1. The highest BCUT2D eigenvalue weighted by Gasteiger charge is 2.40. The van der Waals surface area contributed by atoms with E-state index < -0.39 is 11.8 Å². The molecule has 27 heavy (non-hydrogen) atoms. The predicted molar refractivity (Wildman–Crippen MR) is 101 cm³/mol. The number of rotatable bonds is 6. The van der Waals surface area contributed by atoms with E-state index in [1.807, 2.05) is 30.3 Å². The molecule has 2 aromatic rings. The maximum absolute atomic E-state index is 12.6. The molecule has 1 aliphatic heterocycles. The zero-order valence-corrected chi connectivity index (χ0v) is 15.1. The lowest BCUT2D eigenvalue weighted by Gasteiger charge is -2.15. The van der Waals surface area contributed by atoms with Crippen molar-refractivity contribution in [3.05, 3.63) is 59.7 Å². The van der Waals surface area contributed by atoms with E-state index in [4.69, 9.17) is 9.47 Å². The van der Waals surface area contributed by atoms with E-state index in [1.54, 1.807) is 25.3 Å². The van der Waals surface area contributed by atoms with E-state index in [9.17, 15) is 9.59 Å². The highest BCUT2D eigenvalue weighted by atomic mass is 16.5. The van der Waals surface area contributed by atoms with Crippen LogP contribution in [0, 0.1) is 5.92 Å². The fourth-order valence-corrected chi connectivity index (χ4v) is 3.18. The first-order valence-electron chi connectivity index (χ1n) is 8.52. The summed E-state index contributed by atoms with van der Waals surface area (Å²) < 4.78 is 10.6. The van der Waals surface area contributed by atoms with E-state index in [0.717, 1.165) is 5.56 Å². The molecule has 2 atom stereocenters. The summed E-state index contributed by atoms with van der Waals surface area (Å²) >= 11 is 0. The van der Waals surface area contributed by atoms with Gasteiger partial charge in [-0.15, -0.1) is 0 Å². The van der Waals surface area contributed by atoms with Crippen LogP contribution in [0.2, 0.25) is 0 Å². The third kappa shape index (κ3) is 3.92. The van der Waals surface area contributed by atoms with Crippen LogP contribution in [0.5, 0.6) is 11.5 Å². The molecule has 2 amide bonds. The van der Waals surface area contributed by atoms with Gasteiger partial charge in [0.25, 0.3) is 5.91 Å². The first kappa shape index (κ1) is 18.4. The molecule has 0 bridgehead atoms. The van der Waals surface area contributed by atoms with Crippen molar-refractivity contribution in [3.63, 3.8) is 0 Å². The second kappa shape index (κ2) is 8.35. The van der Waals surface area contributed by atoms with Crippen LogP contribution in [0.15, 0.2) is 53.6 Å². The molecular formula is C20H21N3O4. The second-order valence-electron chi connectivity index (χ2n) is 6.06. The minimum atomic E-state index is -0.822. The standard InChI is InChI=1S/C20H21N3O4/c1-26-16-10-6-9-14(18(16)27-2)11-22-23-20(25)17-15(12-21-19(17)24)13-7-4-3-5-8-13/h3-11,15,17H,12H2,1-2H3,(H,21,24)(H,23,25)/b22-11+/t15-,17+/m0/s1. The molecule has 7 nitrogen and oxygen atoms in total. The Morgan fingerprint density at radius 2 is 1.93 bits per heavy atom. The largest absolute Gasteiger partial charge is 0.493 e. The molecule has 0 spiro atoms. The van der Waals surface area contributed by atoms with Gasteiger partial charge < -0.3 is 14.8 Å². The maximum atomic E-state index is 12.6. The number of benzene rings is 2. The van der Waals surface area contributed by atoms with Crippen molar-refractivity contribution in [1.29, 1.82) is 0 Å². The van der Waals surface area contributed by atoms with Crippen LogP contribution < -0.4 is 20.2 Å². The summed E-state index contributed by atoms with van der Waals surface area (Å²) in [4.78, 5) is 24.7. The molecule has 0 radical (unpaired) electrons. The lowest BCUT2D eigenvalue weighted by Crippen LogP contribution is -2.34. The van der Waals surface area contributed by atoms with Gasteiger partial charge in [-0.2, -0.15) is 5.10 Å². The molecule has 7 heteroatoms. The number of nitrogens with one attached hydrogen (secondary N) is 2. The zero-order chi connectivity index (χ0) is 19.2. The highest BCUT2D eigenvalue weighted by Crippen LogP contribution is 2.30. The molecular weight excluding hydrogens is 346 g/mol. The number of para-hydroxylation sites is 1. The number of hydrazone groups is 1. The summed E-state index contributed by atoms with van der Waals surface area (Å²) in [5.74, 6) is -0.713. The van der Waals surface area contributed by atoms with E-state index in [1.165, 1.54) is 13.3 Å². The minimum absolute atomic E-state index is 0.222. The van der Waals surface area contributed by atoms with Crippen molar-refractivity contribution in [2.45, 2.75) is 5.92 Å². The normalized spacial score (nSPS) is 19.0. The highest BCUT2D eigenvalue weighted by molar-refractivity contribution is 6.03. The quantitative estimate of drug-likeness (QED) is 0.462. The van der Waals surface area contributed by atoms with Gasteiger partial charge in [0.1, 0.15) is 5.92 Å². The van der Waals surface area contributed by atoms with Crippen LogP contribution in [-0.4, -0.2) is 38.8 Å². The monoisotopic (exact) mass is 367 g/mol. The maximum Gasteiger partial charge on any atom is 0.253 e. The van der Waals surface area contributed by atoms with E-state index in [0.29, 0.717) is 23.6 Å². The van der Waals surface area contributed by atoms with Crippen LogP contribution in [0.1, 0.15) is 17.0 Å². The summed E-state index contributed by atoms with van der Waals surface area (Å²) in [5.41, 5.74) is 4.05. The van der Waals surface area contributed by atoms with Crippen LogP contribution >= 0.6 is 0 Å². The molecule has 0 saturated carbocycles. The summed E-state index contributed by atoms with van der Waals surface area (Å²) in [6.07, 6.45) is 1.46. The van der Waals surface area contributed by atoms with Gasteiger partial charge in [-0.3, -0.25) is 9.59 Å². The van der Waals surface area contributed by atoms with Gasteiger partial charge in [-0.1, -0.05) is 36.4 Å². The van der Waals surface area contributed by atoms with Gasteiger partial charge in [-0.05, 0) is 17.7 Å². The van der Waals surface area contributed by atoms with E-state index in [-0.39, 0.29) is 11.8 Å². The predicted octanol–water partition coefficient (Wildman–Crippen LogP) is 1.68. The summed E-state index contributed by atoms with van der Waals surface area (Å²) in [6, 6.07) is 14.8. The van der Waals surface area contributed by atoms with E-state index >= 15 is 0 Å². The third-order valence-corrected chi connectivity index (χ3v) is 4.50. The summed E-state index contributed by atoms with van der Waals surface area (Å²) in [7, 11) is 3.07. The Bertz CT molecular complexity index is 852. The van der Waals surface area contributed by atoms with Crippen molar-refractivity contribution in [2.75, 3.05) is 20.8 Å². The Labute approximate surface area is 157 Å². The number of hydrogen-bond donors (Lipinski definition) is 2. The average Bonchev–Trinajstić information content (AvgIpc) is 3.09. The first-order chi connectivity index (χ1) is 13.2. The molecule has 2 N–H and O–H groups in total. The van der Waals surface area contributed by atoms with Gasteiger partial charge in [0.05, 0.1) is 20.4 Å². The molecule has 1 saturated heterocycles. The lowest BCUT2D eigenvalue weighted by molar-refractivity contribution is -0.133. The molecule has 1 heterocycles. The molecule has 0 aliphatic carbocycles. The van der Waals surface area contributed by atoms with Crippen molar-refractivity contribution >= 4 is 18.0 Å². The Morgan fingerprint density at radius 1 is 1.15 bits per heavy atom. The van der Waals surface area contributed by atoms with Crippen molar-refractivity contribution in [2.24, 2.45) is 11.0 Å². The van der Waals surface area contributed by atoms with Crippen molar-refractivity contribution in [3.8, 4) is 11.5 Å². The van der Waals surface area contributed by atoms with E-state index in [2.05, 4.69) is 15.8 Å². The van der Waals surface area contributed by atoms with Crippen LogP contribution in [0.3, 0.4) is 0 Å². The van der Waals surface area contributed by atoms with Crippen LogP contribution in [-0.2, 0) is 9.59 Å². The second-order valence-corrected chi connectivity index (χ2v) is 6.06. The van der Waals surface area contributed by atoms with Crippen molar-refractivity contribution < 1.29 is 19.1 Å². The van der Waals surface area contributed by atoms with Gasteiger partial charge >= 0.3 is 0 Å². The van der Waals surface area contributed by atoms with Gasteiger partial charge in [0.15, 0.2) is 11.5 Å². The molecule has 140 valence electrons. The Kier molecular flexibility index (Phi) is 5.71. The Morgan fingerprint density at radius 3 is 2.63 bits per heavy atom. The number of ether oxygens (including phenoxy) is 2. The van der Waals surface area contributed by atoms with Gasteiger partial charge in [0, 0.05) is 18.0 Å². The fourth-order valence-electron chi connectivity index (χ4n) is 3.18. The molecule has 0 unspecified atom stereocenters. The van der Waals surface area contributed by atoms with Crippen LogP contribution in [0.25, 0.3) is 0 Å². The lowest BCUT2D eigenvalue weighted by atomic mass is 9.88. The minimum Gasteiger partial charge on any atom is -0.493 e. The summed E-state index contributed by atoms with van der Waals surface area (Å²) in [5, 5.41) is 6.74. The van der Waals surface area contributed by atoms with Crippen molar-refractivity contribution in [1.82, 2.24) is 10.7 Å². The number of carbonyl (C=O) groups excluding carboxylic acids is 2. The SMILES string of the molecule is COc1cccc(/C=N/NC(=O)[C@H]2C(=O)NC[C@H]2c2ccccc2)c1OC. The zero-order valence-electron chi connectivity index (χ0n) is 15.1. The first-order valence-corrected chi connectivity index (χ1v) is 8.52. The smallest absolute Gasteiger partial charge is 0.253 e. The number of amides is 2. The Hall–Kier alpha value is -3.35. The molecule has 2 aromatic carbocycles. The average molecular weight is 367 g/mol. The third-order valence-electron chi connectivity index (χ3n) is 4.50. The Balaban J connectivity index is 1.73. The molecule has 3 rings (SSSR count). The van der Waals surface area contributed by atoms with Gasteiger partial charge in [0.2, 0.25) is 5.91 Å². The van der Waals surface area contributed by atoms with Gasteiger partial charge in [-0.25, -0.2) is 5.43 Å².